The largest absolute Gasteiger partial charge is 0.389 e. The second kappa shape index (κ2) is 5.47. The molecule has 2 amide bonds. The van der Waals surface area contributed by atoms with Crippen LogP contribution in [0.25, 0.3) is 0 Å². The third kappa shape index (κ3) is 2.48. The predicted molar refractivity (Wildman–Crippen MR) is 71.4 cm³/mol. The van der Waals surface area contributed by atoms with E-state index in [1.165, 1.54) is 6.42 Å². The van der Waals surface area contributed by atoms with Crippen LogP contribution in [0, 0.1) is 5.92 Å². The van der Waals surface area contributed by atoms with Crippen molar-refractivity contribution in [3.8, 4) is 0 Å². The molecule has 2 atom stereocenters. The minimum absolute atomic E-state index is 0.146. The van der Waals surface area contributed by atoms with Crippen molar-refractivity contribution in [1.29, 1.82) is 0 Å². The number of carbonyl (C=O) groups excluding carboxylic acids is 1. The highest BCUT2D eigenvalue weighted by Gasteiger charge is 2.44. The number of nitrogens with zero attached hydrogens (tertiary/aromatic N) is 2. The molecule has 1 saturated heterocycles. The summed E-state index contributed by atoms with van der Waals surface area (Å²) in [5.41, 5.74) is -0.488. The van der Waals surface area contributed by atoms with Crippen LogP contribution in [0.2, 0.25) is 0 Å². The molecule has 0 aromatic rings. The van der Waals surface area contributed by atoms with Crippen molar-refractivity contribution < 1.29 is 9.90 Å². The standard InChI is InChI=1S/C14H26N2O2/c1-3-15(4-2)13(17)16-10-9-14(18)8-6-5-7-12(14)11-16/h12,18H,3-11H2,1-2H3. The lowest BCUT2D eigenvalue weighted by Gasteiger charge is -2.48. The average molecular weight is 254 g/mol. The van der Waals surface area contributed by atoms with Crippen molar-refractivity contribution in [2.75, 3.05) is 26.2 Å². The first kappa shape index (κ1) is 13.7. The molecule has 4 heteroatoms. The molecule has 0 aromatic heterocycles. The first-order valence-electron chi connectivity index (χ1n) is 7.37. The Kier molecular flexibility index (Phi) is 4.15. The normalized spacial score (nSPS) is 31.9. The average Bonchev–Trinajstić information content (AvgIpc) is 2.39. The Balaban J connectivity index is 2.00. The second-order valence-corrected chi connectivity index (χ2v) is 5.70. The van der Waals surface area contributed by atoms with Gasteiger partial charge in [0.15, 0.2) is 0 Å². The van der Waals surface area contributed by atoms with Crippen molar-refractivity contribution >= 4 is 6.03 Å². The highest BCUT2D eigenvalue weighted by Crippen LogP contribution is 2.39. The summed E-state index contributed by atoms with van der Waals surface area (Å²) in [6.07, 6.45) is 5.07. The van der Waals surface area contributed by atoms with Gasteiger partial charge in [-0.25, -0.2) is 4.79 Å². The summed E-state index contributed by atoms with van der Waals surface area (Å²) in [5, 5.41) is 10.6. The zero-order valence-electron chi connectivity index (χ0n) is 11.7. The Morgan fingerprint density at radius 2 is 2.06 bits per heavy atom. The van der Waals surface area contributed by atoms with E-state index >= 15 is 0 Å². The summed E-state index contributed by atoms with van der Waals surface area (Å²) in [6, 6.07) is 0.146. The molecule has 1 aliphatic carbocycles. The molecule has 0 bridgehead atoms. The number of hydrogen-bond donors (Lipinski definition) is 1. The van der Waals surface area contributed by atoms with Gasteiger partial charge in [0.05, 0.1) is 5.60 Å². The van der Waals surface area contributed by atoms with Crippen LogP contribution in [0.1, 0.15) is 46.0 Å². The van der Waals surface area contributed by atoms with Crippen LogP contribution >= 0.6 is 0 Å². The quantitative estimate of drug-likeness (QED) is 0.820. The number of fused-ring (bicyclic) bond motifs is 1. The minimum Gasteiger partial charge on any atom is -0.389 e. The van der Waals surface area contributed by atoms with Gasteiger partial charge in [-0.15, -0.1) is 0 Å². The number of aliphatic hydroxyl groups is 1. The van der Waals surface area contributed by atoms with E-state index in [9.17, 15) is 9.90 Å². The monoisotopic (exact) mass is 254 g/mol. The summed E-state index contributed by atoms with van der Waals surface area (Å²) >= 11 is 0. The molecule has 2 rings (SSSR count). The molecule has 1 N–H and O–H groups in total. The maximum Gasteiger partial charge on any atom is 0.319 e. The van der Waals surface area contributed by atoms with Gasteiger partial charge in [0.1, 0.15) is 0 Å². The molecule has 0 aromatic carbocycles. The Morgan fingerprint density at radius 1 is 1.33 bits per heavy atom. The van der Waals surface area contributed by atoms with Crippen LogP contribution < -0.4 is 0 Å². The van der Waals surface area contributed by atoms with Gasteiger partial charge in [-0.2, -0.15) is 0 Å². The SMILES string of the molecule is CCN(CC)C(=O)N1CCC2(O)CCCCC2C1. The van der Waals surface area contributed by atoms with Crippen molar-refractivity contribution in [3.63, 3.8) is 0 Å². The molecule has 0 spiro atoms. The lowest BCUT2D eigenvalue weighted by atomic mass is 9.71. The molecule has 2 fully saturated rings. The van der Waals surface area contributed by atoms with Gasteiger partial charge in [-0.3, -0.25) is 0 Å². The highest BCUT2D eigenvalue weighted by atomic mass is 16.3. The van der Waals surface area contributed by atoms with E-state index in [4.69, 9.17) is 0 Å². The summed E-state index contributed by atoms with van der Waals surface area (Å²) in [4.78, 5) is 16.1. The van der Waals surface area contributed by atoms with E-state index in [0.717, 1.165) is 45.3 Å². The number of amides is 2. The Labute approximate surface area is 110 Å². The van der Waals surface area contributed by atoms with E-state index in [1.807, 2.05) is 23.6 Å². The molecule has 18 heavy (non-hydrogen) atoms. The molecule has 1 aliphatic heterocycles. The van der Waals surface area contributed by atoms with E-state index in [2.05, 4.69) is 0 Å². The summed E-state index contributed by atoms with van der Waals surface area (Å²) in [7, 11) is 0. The van der Waals surface area contributed by atoms with Gasteiger partial charge in [0.2, 0.25) is 0 Å². The van der Waals surface area contributed by atoms with Crippen LogP contribution in [0.4, 0.5) is 4.79 Å². The fourth-order valence-electron chi connectivity index (χ4n) is 3.44. The topological polar surface area (TPSA) is 43.8 Å². The molecule has 104 valence electrons. The van der Waals surface area contributed by atoms with Gasteiger partial charge in [0.25, 0.3) is 0 Å². The van der Waals surface area contributed by atoms with Crippen molar-refractivity contribution in [3.05, 3.63) is 0 Å². The third-order valence-electron chi connectivity index (χ3n) is 4.73. The number of carbonyl (C=O) groups is 1. The predicted octanol–water partition coefficient (Wildman–Crippen LogP) is 2.08. The van der Waals surface area contributed by atoms with Crippen LogP contribution in [-0.4, -0.2) is 52.7 Å². The first-order valence-corrected chi connectivity index (χ1v) is 7.37. The van der Waals surface area contributed by atoms with Crippen molar-refractivity contribution in [1.82, 2.24) is 9.80 Å². The van der Waals surface area contributed by atoms with Gasteiger partial charge < -0.3 is 14.9 Å². The number of likely N-dealkylation sites (tertiary alicyclic amines) is 1. The molecular formula is C14H26N2O2. The Hall–Kier alpha value is -0.770. The zero-order valence-corrected chi connectivity index (χ0v) is 11.7. The molecule has 2 aliphatic rings. The zero-order chi connectivity index (χ0) is 13.2. The lowest BCUT2D eigenvalue weighted by Crippen LogP contribution is -2.57. The molecule has 1 heterocycles. The minimum atomic E-state index is -0.488. The van der Waals surface area contributed by atoms with Crippen LogP contribution in [-0.2, 0) is 0 Å². The van der Waals surface area contributed by atoms with Gasteiger partial charge in [0, 0.05) is 32.1 Å². The van der Waals surface area contributed by atoms with E-state index in [-0.39, 0.29) is 6.03 Å². The summed E-state index contributed by atoms with van der Waals surface area (Å²) in [5.74, 6) is 0.291. The van der Waals surface area contributed by atoms with E-state index in [1.54, 1.807) is 0 Å². The van der Waals surface area contributed by atoms with Crippen molar-refractivity contribution in [2.45, 2.75) is 51.6 Å². The number of hydrogen-bond acceptors (Lipinski definition) is 2. The lowest BCUT2D eigenvalue weighted by molar-refractivity contribution is -0.0887. The third-order valence-corrected chi connectivity index (χ3v) is 4.73. The van der Waals surface area contributed by atoms with Gasteiger partial charge in [-0.1, -0.05) is 12.8 Å². The maximum absolute atomic E-state index is 12.3. The Morgan fingerprint density at radius 3 is 2.72 bits per heavy atom. The van der Waals surface area contributed by atoms with Crippen LogP contribution in [0.3, 0.4) is 0 Å². The molecule has 4 nitrogen and oxygen atoms in total. The maximum atomic E-state index is 12.3. The first-order chi connectivity index (χ1) is 8.60. The molecule has 2 unspecified atom stereocenters. The fourth-order valence-corrected chi connectivity index (χ4v) is 3.44. The smallest absolute Gasteiger partial charge is 0.319 e. The summed E-state index contributed by atoms with van der Waals surface area (Å²) in [6.45, 7) is 7.01. The van der Waals surface area contributed by atoms with Crippen LogP contribution in [0.15, 0.2) is 0 Å². The van der Waals surface area contributed by atoms with E-state index in [0.29, 0.717) is 12.5 Å². The second-order valence-electron chi connectivity index (χ2n) is 5.70. The highest BCUT2D eigenvalue weighted by molar-refractivity contribution is 5.74. The molecule has 0 radical (unpaired) electrons. The van der Waals surface area contributed by atoms with Crippen LogP contribution in [0.5, 0.6) is 0 Å². The van der Waals surface area contributed by atoms with E-state index < -0.39 is 5.60 Å². The number of piperidine rings is 1. The number of urea groups is 1. The van der Waals surface area contributed by atoms with Crippen molar-refractivity contribution in [2.24, 2.45) is 5.92 Å². The fraction of sp³-hybridized carbons (Fsp3) is 0.929. The number of rotatable bonds is 2. The Bertz CT molecular complexity index is 304. The van der Waals surface area contributed by atoms with Gasteiger partial charge >= 0.3 is 6.03 Å². The molecule has 1 saturated carbocycles. The summed E-state index contributed by atoms with van der Waals surface area (Å²) < 4.78 is 0. The van der Waals surface area contributed by atoms with Gasteiger partial charge in [-0.05, 0) is 33.1 Å². The molecular weight excluding hydrogens is 228 g/mol.